The molecule has 0 atom stereocenters. The maximum atomic E-state index is 5.75. The first kappa shape index (κ1) is 15.0. The molecule has 0 aliphatic rings. The lowest BCUT2D eigenvalue weighted by atomic mass is 10.1. The fourth-order valence-corrected chi connectivity index (χ4v) is 2.37. The van der Waals surface area contributed by atoms with Crippen molar-refractivity contribution in [3.05, 3.63) is 30.1 Å². The highest BCUT2D eigenvalue weighted by Crippen LogP contribution is 2.17. The third kappa shape index (κ3) is 3.83. The smallest absolute Gasteiger partial charge is 0.109 e. The van der Waals surface area contributed by atoms with E-state index in [2.05, 4.69) is 49.6 Å². The Morgan fingerprint density at radius 2 is 2.00 bits per heavy atom. The van der Waals surface area contributed by atoms with Gasteiger partial charge < -0.3 is 9.30 Å². The number of fused-ring (bicyclic) bond motifs is 1. The third-order valence-corrected chi connectivity index (χ3v) is 3.51. The van der Waals surface area contributed by atoms with Crippen molar-refractivity contribution in [3.63, 3.8) is 0 Å². The highest BCUT2D eigenvalue weighted by atomic mass is 16.5. The molecule has 0 radical (unpaired) electrons. The summed E-state index contributed by atoms with van der Waals surface area (Å²) in [5.74, 6) is 1.89. The van der Waals surface area contributed by atoms with Gasteiger partial charge in [0.25, 0.3) is 0 Å². The Balaban J connectivity index is 2.01. The van der Waals surface area contributed by atoms with Crippen molar-refractivity contribution in [2.75, 3.05) is 13.2 Å². The Morgan fingerprint density at radius 3 is 2.75 bits per heavy atom. The Kier molecular flexibility index (Phi) is 5.60. The van der Waals surface area contributed by atoms with Crippen LogP contribution >= 0.6 is 0 Å². The molecule has 0 saturated carbocycles. The third-order valence-electron chi connectivity index (χ3n) is 3.51. The number of rotatable bonds is 8. The quantitative estimate of drug-likeness (QED) is 0.679. The lowest BCUT2D eigenvalue weighted by Crippen LogP contribution is -2.10. The monoisotopic (exact) mass is 274 g/mol. The summed E-state index contributed by atoms with van der Waals surface area (Å²) in [5.41, 5.74) is 2.32. The van der Waals surface area contributed by atoms with Crippen LogP contribution in [0.15, 0.2) is 24.3 Å². The van der Waals surface area contributed by atoms with E-state index in [0.717, 1.165) is 44.5 Å². The summed E-state index contributed by atoms with van der Waals surface area (Å²) < 4.78 is 8.06. The molecule has 1 aromatic heterocycles. The van der Waals surface area contributed by atoms with Gasteiger partial charge in [0.1, 0.15) is 5.82 Å². The molecule has 0 bridgehead atoms. The molecule has 1 aromatic carbocycles. The van der Waals surface area contributed by atoms with E-state index in [9.17, 15) is 0 Å². The fourth-order valence-electron chi connectivity index (χ4n) is 2.37. The molecule has 2 aromatic rings. The van der Waals surface area contributed by atoms with Crippen molar-refractivity contribution in [3.8, 4) is 0 Å². The molecule has 0 amide bonds. The number of benzene rings is 1. The highest BCUT2D eigenvalue weighted by Gasteiger charge is 2.09. The molecule has 3 nitrogen and oxygen atoms in total. The lowest BCUT2D eigenvalue weighted by Gasteiger charge is -2.10. The number of ether oxygens (including phenoxy) is 1. The predicted octanol–water partition coefficient (Wildman–Crippen LogP) is 4.05. The maximum Gasteiger partial charge on any atom is 0.109 e. The Labute approximate surface area is 122 Å². The van der Waals surface area contributed by atoms with Gasteiger partial charge in [-0.1, -0.05) is 32.9 Å². The molecule has 0 spiro atoms. The number of hydrogen-bond donors (Lipinski definition) is 0. The van der Waals surface area contributed by atoms with Gasteiger partial charge in [0.15, 0.2) is 0 Å². The van der Waals surface area contributed by atoms with Gasteiger partial charge in [-0.15, -0.1) is 0 Å². The van der Waals surface area contributed by atoms with Gasteiger partial charge in [0.05, 0.1) is 17.6 Å². The highest BCUT2D eigenvalue weighted by molar-refractivity contribution is 5.75. The minimum Gasteiger partial charge on any atom is -0.380 e. The molecule has 110 valence electrons. The first-order valence-corrected chi connectivity index (χ1v) is 7.74. The van der Waals surface area contributed by atoms with Gasteiger partial charge in [-0.2, -0.15) is 0 Å². The molecular weight excluding hydrogens is 248 g/mol. The van der Waals surface area contributed by atoms with Crippen LogP contribution in [0.5, 0.6) is 0 Å². The Hall–Kier alpha value is -1.35. The van der Waals surface area contributed by atoms with Crippen LogP contribution in [0.2, 0.25) is 0 Å². The van der Waals surface area contributed by atoms with Crippen molar-refractivity contribution < 1.29 is 4.74 Å². The van der Waals surface area contributed by atoms with Crippen molar-refractivity contribution in [2.24, 2.45) is 5.92 Å². The van der Waals surface area contributed by atoms with E-state index in [1.54, 1.807) is 0 Å². The van der Waals surface area contributed by atoms with Gasteiger partial charge in [-0.3, -0.25) is 0 Å². The molecule has 0 N–H and O–H groups in total. The maximum absolute atomic E-state index is 5.75. The summed E-state index contributed by atoms with van der Waals surface area (Å²) in [4.78, 5) is 4.74. The van der Waals surface area contributed by atoms with Crippen molar-refractivity contribution in [1.82, 2.24) is 9.55 Å². The van der Waals surface area contributed by atoms with Gasteiger partial charge in [-0.05, 0) is 30.9 Å². The normalized spacial score (nSPS) is 11.6. The zero-order valence-corrected chi connectivity index (χ0v) is 12.9. The zero-order chi connectivity index (χ0) is 14.4. The average Bonchev–Trinajstić information content (AvgIpc) is 2.76. The molecule has 0 aliphatic carbocycles. The van der Waals surface area contributed by atoms with Crippen LogP contribution in [0.25, 0.3) is 11.0 Å². The lowest BCUT2D eigenvalue weighted by molar-refractivity contribution is 0.116. The second-order valence-electron chi connectivity index (χ2n) is 5.71. The molecule has 0 unspecified atom stereocenters. The standard InChI is InChI=1S/C17H26N2O/c1-4-7-17-18-15-8-5-6-9-16(15)19(17)11-13-20-12-10-14(2)3/h5-6,8-9,14H,4,7,10-13H2,1-3H3. The molecule has 3 heteroatoms. The van der Waals surface area contributed by atoms with Crippen LogP contribution in [0.4, 0.5) is 0 Å². The van der Waals surface area contributed by atoms with Crippen LogP contribution in [0.3, 0.4) is 0 Å². The second-order valence-corrected chi connectivity index (χ2v) is 5.71. The van der Waals surface area contributed by atoms with E-state index < -0.39 is 0 Å². The van der Waals surface area contributed by atoms with Gasteiger partial charge in [-0.25, -0.2) is 4.98 Å². The summed E-state index contributed by atoms with van der Waals surface area (Å²) in [6.07, 6.45) is 3.28. The van der Waals surface area contributed by atoms with E-state index in [0.29, 0.717) is 5.92 Å². The molecule has 0 aliphatic heterocycles. The van der Waals surface area contributed by atoms with Crippen LogP contribution in [-0.4, -0.2) is 22.8 Å². The summed E-state index contributed by atoms with van der Waals surface area (Å²) in [6, 6.07) is 8.37. The van der Waals surface area contributed by atoms with Crippen LogP contribution in [-0.2, 0) is 17.7 Å². The number of aryl methyl sites for hydroxylation is 1. The van der Waals surface area contributed by atoms with E-state index in [1.807, 2.05) is 0 Å². The second kappa shape index (κ2) is 7.44. The van der Waals surface area contributed by atoms with Crippen LogP contribution < -0.4 is 0 Å². The van der Waals surface area contributed by atoms with Crippen molar-refractivity contribution >= 4 is 11.0 Å². The number of nitrogens with zero attached hydrogens (tertiary/aromatic N) is 2. The topological polar surface area (TPSA) is 27.1 Å². The van der Waals surface area contributed by atoms with Crippen molar-refractivity contribution in [1.29, 1.82) is 0 Å². The SMILES string of the molecule is CCCc1nc2ccccc2n1CCOCCC(C)C. The van der Waals surface area contributed by atoms with E-state index in [-0.39, 0.29) is 0 Å². The summed E-state index contributed by atoms with van der Waals surface area (Å²) in [5, 5.41) is 0. The summed E-state index contributed by atoms with van der Waals surface area (Å²) >= 11 is 0. The molecule has 0 saturated heterocycles. The fraction of sp³-hybridized carbons (Fsp3) is 0.588. The minimum atomic E-state index is 0.708. The molecule has 1 heterocycles. The van der Waals surface area contributed by atoms with E-state index in [4.69, 9.17) is 9.72 Å². The first-order chi connectivity index (χ1) is 9.72. The van der Waals surface area contributed by atoms with E-state index >= 15 is 0 Å². The summed E-state index contributed by atoms with van der Waals surface area (Å²) in [7, 11) is 0. The van der Waals surface area contributed by atoms with Gasteiger partial charge in [0.2, 0.25) is 0 Å². The average molecular weight is 274 g/mol. The largest absolute Gasteiger partial charge is 0.380 e. The Bertz CT molecular complexity index is 531. The number of aromatic nitrogens is 2. The van der Waals surface area contributed by atoms with Crippen LogP contribution in [0, 0.1) is 5.92 Å². The molecular formula is C17H26N2O. The van der Waals surface area contributed by atoms with Crippen molar-refractivity contribution in [2.45, 2.75) is 46.6 Å². The van der Waals surface area contributed by atoms with Crippen LogP contribution in [0.1, 0.15) is 39.4 Å². The van der Waals surface area contributed by atoms with Gasteiger partial charge in [0, 0.05) is 19.6 Å². The zero-order valence-electron chi connectivity index (χ0n) is 12.9. The Morgan fingerprint density at radius 1 is 1.20 bits per heavy atom. The number of para-hydroxylation sites is 2. The predicted molar refractivity (Wildman–Crippen MR) is 84.0 cm³/mol. The van der Waals surface area contributed by atoms with E-state index in [1.165, 1.54) is 11.3 Å². The number of imidazole rings is 1. The molecule has 0 fully saturated rings. The summed E-state index contributed by atoms with van der Waals surface area (Å²) in [6.45, 7) is 9.17. The molecule has 20 heavy (non-hydrogen) atoms. The number of hydrogen-bond acceptors (Lipinski definition) is 2. The minimum absolute atomic E-state index is 0.708. The first-order valence-electron chi connectivity index (χ1n) is 7.74. The van der Waals surface area contributed by atoms with Gasteiger partial charge >= 0.3 is 0 Å². The molecule has 2 rings (SSSR count).